The van der Waals surface area contributed by atoms with Gasteiger partial charge in [0, 0.05) is 6.04 Å². The molecule has 0 aliphatic heterocycles. The Labute approximate surface area is 121 Å². The van der Waals surface area contributed by atoms with E-state index >= 15 is 0 Å². The number of nitrogens with one attached hydrogen (secondary N) is 2. The molecule has 0 amide bonds. The number of aromatic nitrogens is 4. The minimum Gasteiger partial charge on any atom is -0.363 e. The minimum absolute atomic E-state index is 0.166. The van der Waals surface area contributed by atoms with Crippen LogP contribution in [-0.2, 0) is 0 Å². The number of nitrogens with zero attached hydrogens (tertiary/aromatic N) is 3. The normalized spacial score (nSPS) is 12.5. The summed E-state index contributed by atoms with van der Waals surface area (Å²) in [5.74, 6) is 0.810. The third-order valence-corrected chi connectivity index (χ3v) is 3.67. The maximum absolute atomic E-state index is 4.54. The molecule has 6 heteroatoms. The first-order valence-corrected chi connectivity index (χ1v) is 7.57. The molecule has 0 saturated heterocycles. The lowest BCUT2D eigenvalue weighted by Crippen LogP contribution is -2.08. The summed E-state index contributed by atoms with van der Waals surface area (Å²) in [6, 6.07) is 10.4. The maximum atomic E-state index is 4.54. The van der Waals surface area contributed by atoms with Gasteiger partial charge in [-0.25, -0.2) is 9.97 Å². The summed E-state index contributed by atoms with van der Waals surface area (Å²) < 4.78 is 0. The van der Waals surface area contributed by atoms with Gasteiger partial charge in [0.15, 0.2) is 10.8 Å². The minimum atomic E-state index is 0.166. The molecule has 0 radical (unpaired) electrons. The van der Waals surface area contributed by atoms with Gasteiger partial charge in [0.1, 0.15) is 5.82 Å². The van der Waals surface area contributed by atoms with Gasteiger partial charge in [-0.05, 0) is 18.7 Å². The predicted molar refractivity (Wildman–Crippen MR) is 81.9 cm³/mol. The highest BCUT2D eigenvalue weighted by Crippen LogP contribution is 2.25. The van der Waals surface area contributed by atoms with Crippen LogP contribution in [0.15, 0.2) is 41.7 Å². The van der Waals surface area contributed by atoms with Crippen LogP contribution in [0.25, 0.3) is 11.0 Å². The summed E-state index contributed by atoms with van der Waals surface area (Å²) in [6.07, 6.45) is 3.71. The smallest absolute Gasteiger partial charge is 0.191 e. The number of hydrogen-bond acceptors (Lipinski definition) is 5. The molecule has 20 heavy (non-hydrogen) atoms. The summed E-state index contributed by atoms with van der Waals surface area (Å²) in [4.78, 5) is 8.93. The number of aromatic amines is 1. The van der Waals surface area contributed by atoms with Crippen molar-refractivity contribution in [2.24, 2.45) is 0 Å². The molecule has 0 unspecified atom stereocenters. The van der Waals surface area contributed by atoms with Crippen LogP contribution >= 0.6 is 11.8 Å². The van der Waals surface area contributed by atoms with E-state index in [1.54, 1.807) is 6.20 Å². The Bertz CT molecular complexity index is 710. The molecule has 3 rings (SSSR count). The highest BCUT2D eigenvalue weighted by atomic mass is 32.2. The van der Waals surface area contributed by atoms with E-state index in [4.69, 9.17) is 0 Å². The van der Waals surface area contributed by atoms with Gasteiger partial charge >= 0.3 is 0 Å². The SMILES string of the molecule is CSc1nc(N[C@@H](C)c2ccccc2)c2cn[nH]c2n1. The van der Waals surface area contributed by atoms with Crippen LogP contribution in [0.4, 0.5) is 5.82 Å². The highest BCUT2D eigenvalue weighted by molar-refractivity contribution is 7.98. The number of hydrogen-bond donors (Lipinski definition) is 2. The van der Waals surface area contributed by atoms with Crippen LogP contribution in [-0.4, -0.2) is 26.4 Å². The van der Waals surface area contributed by atoms with Crippen molar-refractivity contribution in [1.29, 1.82) is 0 Å². The molecular weight excluding hydrogens is 270 g/mol. The van der Waals surface area contributed by atoms with Crippen LogP contribution in [0, 0.1) is 0 Å². The van der Waals surface area contributed by atoms with E-state index < -0.39 is 0 Å². The summed E-state index contributed by atoms with van der Waals surface area (Å²) in [5.41, 5.74) is 1.97. The summed E-state index contributed by atoms with van der Waals surface area (Å²) in [7, 11) is 0. The fourth-order valence-electron chi connectivity index (χ4n) is 2.05. The first-order chi connectivity index (χ1) is 9.78. The molecule has 0 aliphatic carbocycles. The van der Waals surface area contributed by atoms with Crippen LogP contribution in [0.2, 0.25) is 0 Å². The quantitative estimate of drug-likeness (QED) is 0.569. The molecular formula is C14H15N5S. The van der Waals surface area contributed by atoms with Crippen molar-refractivity contribution in [3.05, 3.63) is 42.1 Å². The van der Waals surface area contributed by atoms with E-state index in [0.29, 0.717) is 0 Å². The first kappa shape index (κ1) is 12.9. The van der Waals surface area contributed by atoms with Gasteiger partial charge in [-0.3, -0.25) is 5.10 Å². The summed E-state index contributed by atoms with van der Waals surface area (Å²) in [5, 5.41) is 12.0. The van der Waals surface area contributed by atoms with Gasteiger partial charge in [0.05, 0.1) is 11.6 Å². The van der Waals surface area contributed by atoms with E-state index in [1.807, 2.05) is 24.5 Å². The van der Waals surface area contributed by atoms with E-state index in [-0.39, 0.29) is 6.04 Å². The fraction of sp³-hybridized carbons (Fsp3) is 0.214. The van der Waals surface area contributed by atoms with Gasteiger partial charge in [-0.15, -0.1) is 0 Å². The standard InChI is InChI=1S/C14H15N5S/c1-9(10-6-4-3-5-7-10)16-12-11-8-15-19-13(11)18-14(17-12)20-2/h3-9H,1-2H3,(H2,15,16,17,18,19)/t9-/m0/s1. The van der Waals surface area contributed by atoms with Gasteiger partial charge in [-0.2, -0.15) is 5.10 Å². The van der Waals surface area contributed by atoms with E-state index in [0.717, 1.165) is 22.0 Å². The molecule has 1 aromatic carbocycles. The molecule has 0 spiro atoms. The van der Waals surface area contributed by atoms with E-state index in [9.17, 15) is 0 Å². The number of H-pyrrole nitrogens is 1. The third kappa shape index (κ3) is 2.46. The fourth-order valence-corrected chi connectivity index (χ4v) is 2.41. The Morgan fingerprint density at radius 1 is 1.20 bits per heavy atom. The Morgan fingerprint density at radius 2 is 2.00 bits per heavy atom. The maximum Gasteiger partial charge on any atom is 0.191 e. The zero-order valence-corrected chi connectivity index (χ0v) is 12.1. The molecule has 2 N–H and O–H groups in total. The van der Waals surface area contributed by atoms with Crippen molar-refractivity contribution >= 4 is 28.6 Å². The second-order valence-electron chi connectivity index (χ2n) is 4.47. The van der Waals surface area contributed by atoms with Crippen molar-refractivity contribution < 1.29 is 0 Å². The number of benzene rings is 1. The lowest BCUT2D eigenvalue weighted by Gasteiger charge is -2.15. The van der Waals surface area contributed by atoms with Crippen molar-refractivity contribution in [2.45, 2.75) is 18.1 Å². The van der Waals surface area contributed by atoms with E-state index in [1.165, 1.54) is 17.3 Å². The Morgan fingerprint density at radius 3 is 2.75 bits per heavy atom. The Balaban J connectivity index is 1.95. The zero-order valence-electron chi connectivity index (χ0n) is 11.3. The molecule has 0 fully saturated rings. The van der Waals surface area contributed by atoms with Gasteiger partial charge in [-0.1, -0.05) is 42.1 Å². The second-order valence-corrected chi connectivity index (χ2v) is 5.24. The Hall–Kier alpha value is -2.08. The Kier molecular flexibility index (Phi) is 3.56. The lowest BCUT2D eigenvalue weighted by atomic mass is 10.1. The molecule has 5 nitrogen and oxygen atoms in total. The molecule has 102 valence electrons. The average molecular weight is 285 g/mol. The predicted octanol–water partition coefficient (Wildman–Crippen LogP) is 3.25. The van der Waals surface area contributed by atoms with E-state index in [2.05, 4.69) is 44.5 Å². The molecule has 3 aromatic rings. The van der Waals surface area contributed by atoms with Gasteiger partial charge < -0.3 is 5.32 Å². The molecule has 2 heterocycles. The van der Waals surface area contributed by atoms with Crippen molar-refractivity contribution in [3.63, 3.8) is 0 Å². The third-order valence-electron chi connectivity index (χ3n) is 3.12. The number of fused-ring (bicyclic) bond motifs is 1. The van der Waals surface area contributed by atoms with Crippen molar-refractivity contribution in [2.75, 3.05) is 11.6 Å². The van der Waals surface area contributed by atoms with Crippen LogP contribution in [0.1, 0.15) is 18.5 Å². The topological polar surface area (TPSA) is 66.5 Å². The monoisotopic (exact) mass is 285 g/mol. The largest absolute Gasteiger partial charge is 0.363 e. The lowest BCUT2D eigenvalue weighted by molar-refractivity contribution is 0.863. The van der Waals surface area contributed by atoms with Crippen LogP contribution < -0.4 is 5.32 Å². The summed E-state index contributed by atoms with van der Waals surface area (Å²) >= 11 is 1.51. The van der Waals surface area contributed by atoms with Crippen LogP contribution in [0.5, 0.6) is 0 Å². The molecule has 0 aliphatic rings. The first-order valence-electron chi connectivity index (χ1n) is 6.34. The number of anilines is 1. The molecule has 0 bridgehead atoms. The molecule has 0 saturated carbocycles. The second kappa shape index (κ2) is 5.50. The molecule has 2 aromatic heterocycles. The average Bonchev–Trinajstić information content (AvgIpc) is 2.96. The van der Waals surface area contributed by atoms with Gasteiger partial charge in [0.25, 0.3) is 0 Å². The molecule has 1 atom stereocenters. The zero-order chi connectivity index (χ0) is 13.9. The van der Waals surface area contributed by atoms with Crippen LogP contribution in [0.3, 0.4) is 0 Å². The summed E-state index contributed by atoms with van der Waals surface area (Å²) in [6.45, 7) is 2.11. The van der Waals surface area contributed by atoms with Crippen molar-refractivity contribution in [1.82, 2.24) is 20.2 Å². The highest BCUT2D eigenvalue weighted by Gasteiger charge is 2.12. The number of thioether (sulfide) groups is 1. The number of rotatable bonds is 4. The van der Waals surface area contributed by atoms with Crippen molar-refractivity contribution in [3.8, 4) is 0 Å². The van der Waals surface area contributed by atoms with Gasteiger partial charge in [0.2, 0.25) is 0 Å².